The van der Waals surface area contributed by atoms with Crippen molar-refractivity contribution < 1.29 is 9.53 Å². The summed E-state index contributed by atoms with van der Waals surface area (Å²) in [5.41, 5.74) is 5.01. The van der Waals surface area contributed by atoms with Crippen molar-refractivity contribution in [1.29, 1.82) is 0 Å². The minimum atomic E-state index is -0.235. The van der Waals surface area contributed by atoms with E-state index in [2.05, 4.69) is 12.2 Å². The smallest absolute Gasteiger partial charge is 0.217 e. The van der Waals surface area contributed by atoms with Crippen LogP contribution >= 0.6 is 0 Å². The van der Waals surface area contributed by atoms with Gasteiger partial charge in [0.2, 0.25) is 5.91 Å². The standard InChI is InChI=1S/C9H20N2O2/c1-3-8(7-13-2)11-6-4-5-9(10)12/h8,11H,3-7H2,1-2H3,(H2,10,12). The van der Waals surface area contributed by atoms with E-state index in [1.54, 1.807) is 7.11 Å². The molecule has 3 N–H and O–H groups in total. The van der Waals surface area contributed by atoms with E-state index in [1.165, 1.54) is 0 Å². The van der Waals surface area contributed by atoms with Crippen molar-refractivity contribution in [2.75, 3.05) is 20.3 Å². The van der Waals surface area contributed by atoms with E-state index >= 15 is 0 Å². The van der Waals surface area contributed by atoms with E-state index in [9.17, 15) is 4.79 Å². The van der Waals surface area contributed by atoms with Crippen molar-refractivity contribution in [2.24, 2.45) is 5.73 Å². The average molecular weight is 188 g/mol. The highest BCUT2D eigenvalue weighted by atomic mass is 16.5. The third kappa shape index (κ3) is 7.74. The number of primary amides is 1. The van der Waals surface area contributed by atoms with Crippen LogP contribution in [-0.4, -0.2) is 32.2 Å². The molecule has 0 radical (unpaired) electrons. The van der Waals surface area contributed by atoms with Crippen LogP contribution in [0.25, 0.3) is 0 Å². The van der Waals surface area contributed by atoms with Crippen LogP contribution in [0.5, 0.6) is 0 Å². The van der Waals surface area contributed by atoms with Gasteiger partial charge in [0.05, 0.1) is 6.61 Å². The van der Waals surface area contributed by atoms with E-state index < -0.39 is 0 Å². The molecule has 0 aliphatic heterocycles. The number of rotatable bonds is 8. The fourth-order valence-corrected chi connectivity index (χ4v) is 1.09. The number of carbonyl (C=O) groups excluding carboxylic acids is 1. The second-order valence-electron chi connectivity index (χ2n) is 3.08. The molecule has 13 heavy (non-hydrogen) atoms. The maximum atomic E-state index is 10.4. The van der Waals surface area contributed by atoms with Crippen LogP contribution in [0, 0.1) is 0 Å². The number of hydrogen-bond acceptors (Lipinski definition) is 3. The Morgan fingerprint density at radius 3 is 2.77 bits per heavy atom. The summed E-state index contributed by atoms with van der Waals surface area (Å²) in [6.07, 6.45) is 2.29. The summed E-state index contributed by atoms with van der Waals surface area (Å²) in [5.74, 6) is -0.235. The second-order valence-corrected chi connectivity index (χ2v) is 3.08. The van der Waals surface area contributed by atoms with Gasteiger partial charge in [-0.15, -0.1) is 0 Å². The van der Waals surface area contributed by atoms with Crippen LogP contribution in [0.1, 0.15) is 26.2 Å². The fourth-order valence-electron chi connectivity index (χ4n) is 1.09. The molecule has 1 amide bonds. The lowest BCUT2D eigenvalue weighted by Gasteiger charge is -2.15. The molecule has 78 valence electrons. The van der Waals surface area contributed by atoms with E-state index in [4.69, 9.17) is 10.5 Å². The van der Waals surface area contributed by atoms with Gasteiger partial charge in [-0.05, 0) is 19.4 Å². The predicted molar refractivity (Wildman–Crippen MR) is 52.4 cm³/mol. The van der Waals surface area contributed by atoms with Crippen molar-refractivity contribution in [3.05, 3.63) is 0 Å². The molecule has 0 spiro atoms. The summed E-state index contributed by atoms with van der Waals surface area (Å²) in [7, 11) is 1.69. The molecule has 0 aromatic rings. The topological polar surface area (TPSA) is 64.3 Å². The molecule has 4 heteroatoms. The zero-order valence-corrected chi connectivity index (χ0v) is 8.51. The van der Waals surface area contributed by atoms with Gasteiger partial charge in [-0.1, -0.05) is 6.92 Å². The Labute approximate surface area is 79.8 Å². The zero-order chi connectivity index (χ0) is 10.1. The van der Waals surface area contributed by atoms with Gasteiger partial charge in [-0.2, -0.15) is 0 Å². The molecule has 0 bridgehead atoms. The van der Waals surface area contributed by atoms with E-state index in [1.807, 2.05) is 0 Å². The SMILES string of the molecule is CCC(COC)NCCCC(N)=O. The zero-order valence-electron chi connectivity index (χ0n) is 8.51. The third-order valence-electron chi connectivity index (χ3n) is 1.89. The molecule has 1 unspecified atom stereocenters. The molecule has 0 aliphatic carbocycles. The molecule has 0 aliphatic rings. The van der Waals surface area contributed by atoms with Crippen LogP contribution in [0.2, 0.25) is 0 Å². The number of methoxy groups -OCH3 is 1. The van der Waals surface area contributed by atoms with Crippen molar-refractivity contribution >= 4 is 5.91 Å². The molecular formula is C9H20N2O2. The van der Waals surface area contributed by atoms with Crippen molar-refractivity contribution in [3.8, 4) is 0 Å². The van der Waals surface area contributed by atoms with Gasteiger partial charge in [0, 0.05) is 19.6 Å². The lowest BCUT2D eigenvalue weighted by Crippen LogP contribution is -2.33. The van der Waals surface area contributed by atoms with Crippen LogP contribution < -0.4 is 11.1 Å². The molecule has 0 rings (SSSR count). The minimum absolute atomic E-state index is 0.235. The Morgan fingerprint density at radius 2 is 2.31 bits per heavy atom. The predicted octanol–water partition coefficient (Wildman–Crippen LogP) is 0.267. The molecule has 0 saturated carbocycles. The maximum absolute atomic E-state index is 10.4. The molecule has 0 aromatic heterocycles. The van der Waals surface area contributed by atoms with Crippen molar-refractivity contribution in [3.63, 3.8) is 0 Å². The molecule has 0 heterocycles. The summed E-state index contributed by atoms with van der Waals surface area (Å²) >= 11 is 0. The first-order valence-corrected chi connectivity index (χ1v) is 4.71. The fraction of sp³-hybridized carbons (Fsp3) is 0.889. The summed E-state index contributed by atoms with van der Waals surface area (Å²) in [5, 5.41) is 3.29. The highest BCUT2D eigenvalue weighted by Crippen LogP contribution is 1.92. The highest BCUT2D eigenvalue weighted by Gasteiger charge is 2.03. The van der Waals surface area contributed by atoms with Crippen LogP contribution in [0.4, 0.5) is 0 Å². The summed E-state index contributed by atoms with van der Waals surface area (Å²) in [6, 6.07) is 0.387. The lowest BCUT2D eigenvalue weighted by molar-refractivity contribution is -0.118. The molecule has 0 aromatic carbocycles. The summed E-state index contributed by atoms with van der Waals surface area (Å²) in [6.45, 7) is 3.64. The first-order chi connectivity index (χ1) is 6.20. The Bertz CT molecular complexity index is 140. The van der Waals surface area contributed by atoms with Crippen molar-refractivity contribution in [2.45, 2.75) is 32.2 Å². The first-order valence-electron chi connectivity index (χ1n) is 4.71. The molecule has 4 nitrogen and oxygen atoms in total. The van der Waals surface area contributed by atoms with Crippen molar-refractivity contribution in [1.82, 2.24) is 5.32 Å². The van der Waals surface area contributed by atoms with Crippen LogP contribution in [-0.2, 0) is 9.53 Å². The van der Waals surface area contributed by atoms with Gasteiger partial charge >= 0.3 is 0 Å². The second kappa shape index (κ2) is 8.01. The van der Waals surface area contributed by atoms with Gasteiger partial charge in [-0.3, -0.25) is 4.79 Å². The molecule has 0 saturated heterocycles. The van der Waals surface area contributed by atoms with E-state index in [0.29, 0.717) is 19.1 Å². The molecule has 1 atom stereocenters. The number of nitrogens with one attached hydrogen (secondary N) is 1. The average Bonchev–Trinajstić information content (AvgIpc) is 2.10. The lowest BCUT2D eigenvalue weighted by atomic mass is 10.2. The summed E-state index contributed by atoms with van der Waals surface area (Å²) < 4.78 is 5.02. The number of nitrogens with two attached hydrogens (primary N) is 1. The normalized spacial score (nSPS) is 12.8. The van der Waals surface area contributed by atoms with Crippen LogP contribution in [0.3, 0.4) is 0 Å². The Morgan fingerprint density at radius 1 is 1.62 bits per heavy atom. The Kier molecular flexibility index (Phi) is 7.63. The van der Waals surface area contributed by atoms with Gasteiger partial charge < -0.3 is 15.8 Å². The molecule has 0 fully saturated rings. The monoisotopic (exact) mass is 188 g/mol. The number of carbonyl (C=O) groups is 1. The highest BCUT2D eigenvalue weighted by molar-refractivity contribution is 5.73. The maximum Gasteiger partial charge on any atom is 0.217 e. The van der Waals surface area contributed by atoms with Gasteiger partial charge in [0.1, 0.15) is 0 Å². The Balaban J connectivity index is 3.32. The van der Waals surface area contributed by atoms with E-state index in [-0.39, 0.29) is 5.91 Å². The summed E-state index contributed by atoms with van der Waals surface area (Å²) in [4.78, 5) is 10.4. The van der Waals surface area contributed by atoms with E-state index in [0.717, 1.165) is 19.4 Å². The largest absolute Gasteiger partial charge is 0.383 e. The Hall–Kier alpha value is -0.610. The van der Waals surface area contributed by atoms with Gasteiger partial charge in [0.15, 0.2) is 0 Å². The quantitative estimate of drug-likeness (QED) is 0.537. The van der Waals surface area contributed by atoms with Gasteiger partial charge in [-0.25, -0.2) is 0 Å². The van der Waals surface area contributed by atoms with Crippen LogP contribution in [0.15, 0.2) is 0 Å². The first kappa shape index (κ1) is 12.4. The number of hydrogen-bond donors (Lipinski definition) is 2. The number of ether oxygens (including phenoxy) is 1. The minimum Gasteiger partial charge on any atom is -0.383 e. The molecular weight excluding hydrogens is 168 g/mol. The van der Waals surface area contributed by atoms with Gasteiger partial charge in [0.25, 0.3) is 0 Å². The third-order valence-corrected chi connectivity index (χ3v) is 1.89. The number of amides is 1.